The van der Waals surface area contributed by atoms with Crippen molar-refractivity contribution >= 4 is 22.7 Å². The number of rotatable bonds is 1. The predicted molar refractivity (Wildman–Crippen MR) is 48.0 cm³/mol. The summed E-state index contributed by atoms with van der Waals surface area (Å²) in [4.78, 5) is 9.49. The van der Waals surface area contributed by atoms with E-state index in [1.54, 1.807) is 22.7 Å². The van der Waals surface area contributed by atoms with Crippen LogP contribution in [-0.4, -0.2) is 9.97 Å². The Hall–Kier alpha value is -0.740. The van der Waals surface area contributed by atoms with Crippen molar-refractivity contribution in [2.24, 2.45) is 0 Å². The molecule has 0 amide bonds. The molecule has 56 valence electrons. The van der Waals surface area contributed by atoms with Crippen LogP contribution in [0.4, 0.5) is 0 Å². The SMILES string of the molecule is Cc1csc(-c2cncs2)n1. The van der Waals surface area contributed by atoms with Crippen molar-refractivity contribution in [2.45, 2.75) is 6.92 Å². The van der Waals surface area contributed by atoms with Crippen LogP contribution in [0.2, 0.25) is 0 Å². The van der Waals surface area contributed by atoms with Crippen molar-refractivity contribution in [1.82, 2.24) is 9.97 Å². The van der Waals surface area contributed by atoms with Crippen molar-refractivity contribution in [2.75, 3.05) is 0 Å². The van der Waals surface area contributed by atoms with Crippen LogP contribution in [0, 0.1) is 6.92 Å². The van der Waals surface area contributed by atoms with Crippen LogP contribution in [0.1, 0.15) is 5.69 Å². The summed E-state index contributed by atoms with van der Waals surface area (Å²) in [5.41, 5.74) is 2.91. The fourth-order valence-corrected chi connectivity index (χ4v) is 2.28. The summed E-state index contributed by atoms with van der Waals surface area (Å²) in [6.45, 7) is 2.00. The fraction of sp³-hybridized carbons (Fsp3) is 0.143. The number of hydrogen-bond donors (Lipinski definition) is 0. The Morgan fingerprint density at radius 1 is 1.36 bits per heavy atom. The Bertz CT molecular complexity index is 337. The van der Waals surface area contributed by atoms with Gasteiger partial charge in [-0.15, -0.1) is 22.7 Å². The van der Waals surface area contributed by atoms with Gasteiger partial charge in [-0.1, -0.05) is 0 Å². The lowest BCUT2D eigenvalue weighted by Gasteiger charge is -1.83. The molecule has 0 fully saturated rings. The number of aryl methyl sites for hydroxylation is 1. The Balaban J connectivity index is 2.45. The average molecular weight is 182 g/mol. The monoisotopic (exact) mass is 182 g/mol. The van der Waals surface area contributed by atoms with Crippen LogP contribution < -0.4 is 0 Å². The molecule has 0 atom stereocenters. The summed E-state index contributed by atoms with van der Waals surface area (Å²) in [6.07, 6.45) is 1.85. The minimum Gasteiger partial charge on any atom is -0.252 e. The number of aromatic nitrogens is 2. The van der Waals surface area contributed by atoms with E-state index < -0.39 is 0 Å². The number of nitrogens with zero attached hydrogens (tertiary/aromatic N) is 2. The highest BCUT2D eigenvalue weighted by molar-refractivity contribution is 7.19. The minimum atomic E-state index is 1.07. The largest absolute Gasteiger partial charge is 0.252 e. The topological polar surface area (TPSA) is 25.8 Å². The molecule has 0 aliphatic rings. The first-order valence-corrected chi connectivity index (χ1v) is 4.93. The highest BCUT2D eigenvalue weighted by atomic mass is 32.1. The molecule has 0 saturated heterocycles. The molecular weight excluding hydrogens is 176 g/mol. The normalized spacial score (nSPS) is 10.3. The summed E-state index contributed by atoms with van der Waals surface area (Å²) in [7, 11) is 0. The zero-order valence-corrected chi connectivity index (χ0v) is 7.58. The first-order chi connectivity index (χ1) is 5.36. The highest BCUT2D eigenvalue weighted by Gasteiger charge is 2.02. The molecule has 0 bridgehead atoms. The number of hydrogen-bond acceptors (Lipinski definition) is 4. The Morgan fingerprint density at radius 3 is 2.82 bits per heavy atom. The van der Waals surface area contributed by atoms with Crippen molar-refractivity contribution in [3.8, 4) is 9.88 Å². The smallest absolute Gasteiger partial charge is 0.135 e. The third-order valence-corrected chi connectivity index (χ3v) is 3.16. The molecule has 11 heavy (non-hydrogen) atoms. The van der Waals surface area contributed by atoms with Gasteiger partial charge >= 0.3 is 0 Å². The molecule has 0 radical (unpaired) electrons. The van der Waals surface area contributed by atoms with Crippen LogP contribution >= 0.6 is 22.7 Å². The summed E-state index contributed by atoms with van der Waals surface area (Å²) >= 11 is 3.29. The molecular formula is C7H6N2S2. The molecule has 0 saturated carbocycles. The van der Waals surface area contributed by atoms with Gasteiger partial charge in [0, 0.05) is 17.3 Å². The van der Waals surface area contributed by atoms with Gasteiger partial charge in [-0.2, -0.15) is 0 Å². The van der Waals surface area contributed by atoms with E-state index in [2.05, 4.69) is 15.3 Å². The van der Waals surface area contributed by atoms with Gasteiger partial charge in [-0.05, 0) is 6.92 Å². The second-order valence-electron chi connectivity index (χ2n) is 2.16. The van der Waals surface area contributed by atoms with Gasteiger partial charge < -0.3 is 0 Å². The Labute approximate surface area is 72.6 Å². The zero-order valence-electron chi connectivity index (χ0n) is 5.94. The Morgan fingerprint density at radius 2 is 2.27 bits per heavy atom. The molecule has 0 N–H and O–H groups in total. The molecule has 0 aliphatic carbocycles. The van der Waals surface area contributed by atoms with Crippen molar-refractivity contribution < 1.29 is 0 Å². The highest BCUT2D eigenvalue weighted by Crippen LogP contribution is 2.25. The third-order valence-electron chi connectivity index (χ3n) is 1.26. The van der Waals surface area contributed by atoms with Gasteiger partial charge in [0.15, 0.2) is 0 Å². The van der Waals surface area contributed by atoms with E-state index in [-0.39, 0.29) is 0 Å². The molecule has 2 aromatic heterocycles. The standard InChI is InChI=1S/C7H6N2S2/c1-5-3-10-7(9-5)6-2-8-4-11-6/h2-4H,1H3. The summed E-state index contributed by atoms with van der Waals surface area (Å²) in [5.74, 6) is 0. The molecule has 2 nitrogen and oxygen atoms in total. The van der Waals surface area contributed by atoms with E-state index in [0.29, 0.717) is 0 Å². The van der Waals surface area contributed by atoms with E-state index in [9.17, 15) is 0 Å². The van der Waals surface area contributed by atoms with Crippen molar-refractivity contribution in [3.63, 3.8) is 0 Å². The minimum absolute atomic E-state index is 1.07. The van der Waals surface area contributed by atoms with Crippen LogP contribution in [-0.2, 0) is 0 Å². The molecule has 0 aliphatic heterocycles. The molecule has 0 spiro atoms. The maximum Gasteiger partial charge on any atom is 0.135 e. The molecule has 2 rings (SSSR count). The van der Waals surface area contributed by atoms with Gasteiger partial charge in [0.1, 0.15) is 5.01 Å². The molecule has 2 aromatic rings. The van der Waals surface area contributed by atoms with Crippen LogP contribution in [0.25, 0.3) is 9.88 Å². The van der Waals surface area contributed by atoms with Crippen LogP contribution in [0.15, 0.2) is 17.1 Å². The van der Waals surface area contributed by atoms with Crippen molar-refractivity contribution in [3.05, 3.63) is 22.8 Å². The van der Waals surface area contributed by atoms with E-state index in [1.165, 1.54) is 0 Å². The maximum atomic E-state index is 4.34. The summed E-state index contributed by atoms with van der Waals surface area (Å²) in [6, 6.07) is 0. The lowest BCUT2D eigenvalue weighted by Crippen LogP contribution is -1.70. The summed E-state index contributed by atoms with van der Waals surface area (Å²) < 4.78 is 0. The zero-order chi connectivity index (χ0) is 7.68. The van der Waals surface area contributed by atoms with Gasteiger partial charge in [0.05, 0.1) is 10.4 Å². The first kappa shape index (κ1) is 6.94. The molecule has 4 heteroatoms. The van der Waals surface area contributed by atoms with Crippen LogP contribution in [0.5, 0.6) is 0 Å². The van der Waals surface area contributed by atoms with Gasteiger partial charge in [-0.25, -0.2) is 4.98 Å². The van der Waals surface area contributed by atoms with E-state index in [1.807, 2.05) is 18.6 Å². The quantitative estimate of drug-likeness (QED) is 0.677. The van der Waals surface area contributed by atoms with Crippen molar-refractivity contribution in [1.29, 1.82) is 0 Å². The van der Waals surface area contributed by atoms with Gasteiger partial charge in [-0.3, -0.25) is 4.98 Å². The van der Waals surface area contributed by atoms with Crippen LogP contribution in [0.3, 0.4) is 0 Å². The molecule has 0 unspecified atom stereocenters. The van der Waals surface area contributed by atoms with E-state index in [0.717, 1.165) is 15.6 Å². The first-order valence-electron chi connectivity index (χ1n) is 3.17. The third kappa shape index (κ3) is 1.32. The predicted octanol–water partition coefficient (Wildman–Crippen LogP) is 2.58. The second kappa shape index (κ2) is 2.71. The number of thiazole rings is 2. The lowest BCUT2D eigenvalue weighted by molar-refractivity contribution is 1.27. The van der Waals surface area contributed by atoms with Gasteiger partial charge in [0.2, 0.25) is 0 Å². The lowest BCUT2D eigenvalue weighted by atomic mass is 10.5. The molecule has 0 aromatic carbocycles. The molecule has 2 heterocycles. The summed E-state index contributed by atoms with van der Waals surface area (Å²) in [5, 5.41) is 3.12. The Kier molecular flexibility index (Phi) is 1.71. The second-order valence-corrected chi connectivity index (χ2v) is 3.90. The average Bonchev–Trinajstić information content (AvgIpc) is 2.55. The fourth-order valence-electron chi connectivity index (χ4n) is 0.789. The van der Waals surface area contributed by atoms with Gasteiger partial charge in [0.25, 0.3) is 0 Å². The maximum absolute atomic E-state index is 4.34. The van der Waals surface area contributed by atoms with E-state index >= 15 is 0 Å². The van der Waals surface area contributed by atoms with E-state index in [4.69, 9.17) is 0 Å².